The molecule has 34 heavy (non-hydrogen) atoms. The maximum absolute atomic E-state index is 13.4. The van der Waals surface area contributed by atoms with Crippen molar-refractivity contribution in [2.45, 2.75) is 17.5 Å². The van der Waals surface area contributed by atoms with E-state index in [1.165, 1.54) is 23.9 Å². The number of aromatic nitrogens is 2. The highest BCUT2D eigenvalue weighted by atomic mass is 32.2. The fourth-order valence-corrected chi connectivity index (χ4v) is 4.78. The van der Waals surface area contributed by atoms with Crippen molar-refractivity contribution in [2.24, 2.45) is 0 Å². The Labute approximate surface area is 198 Å². The maximum atomic E-state index is 13.4. The average Bonchev–Trinajstić information content (AvgIpc) is 2.84. The third-order valence-corrected chi connectivity index (χ3v) is 6.52. The number of para-hydroxylation sites is 1. The number of aromatic hydroxyl groups is 1. The minimum Gasteiger partial charge on any atom is -0.508 e. The molecule has 0 radical (unpaired) electrons. The molecule has 5 aromatic rings. The van der Waals surface area contributed by atoms with Crippen LogP contribution in [0.15, 0.2) is 92.0 Å². The summed E-state index contributed by atoms with van der Waals surface area (Å²) >= 11 is 1.37. The Morgan fingerprint density at radius 3 is 2.59 bits per heavy atom. The Kier molecular flexibility index (Phi) is 5.81. The number of rotatable bonds is 6. The van der Waals surface area contributed by atoms with E-state index < -0.39 is 5.63 Å². The maximum Gasteiger partial charge on any atom is 0.336 e. The Bertz CT molecular complexity index is 1620. The summed E-state index contributed by atoms with van der Waals surface area (Å²) in [6.45, 7) is 0.342. The van der Waals surface area contributed by atoms with Crippen molar-refractivity contribution in [3.63, 3.8) is 0 Å². The van der Waals surface area contributed by atoms with E-state index in [4.69, 9.17) is 14.1 Å². The third-order valence-electron chi connectivity index (χ3n) is 5.50. The van der Waals surface area contributed by atoms with Gasteiger partial charge in [0.15, 0.2) is 5.16 Å². The molecule has 0 saturated carbocycles. The predicted molar refractivity (Wildman–Crippen MR) is 132 cm³/mol. The van der Waals surface area contributed by atoms with Gasteiger partial charge in [-0.05, 0) is 47.5 Å². The van der Waals surface area contributed by atoms with E-state index in [1.54, 1.807) is 29.9 Å². The molecule has 3 aromatic carbocycles. The van der Waals surface area contributed by atoms with Crippen LogP contribution in [0.25, 0.3) is 21.9 Å². The molecule has 0 unspecified atom stereocenters. The lowest BCUT2D eigenvalue weighted by Crippen LogP contribution is -2.24. The Balaban J connectivity index is 1.56. The second-order valence-electron chi connectivity index (χ2n) is 7.71. The van der Waals surface area contributed by atoms with Gasteiger partial charge in [0, 0.05) is 23.3 Å². The summed E-state index contributed by atoms with van der Waals surface area (Å²) in [5, 5.41) is 11.5. The summed E-state index contributed by atoms with van der Waals surface area (Å²) in [5.41, 5.74) is 1.95. The fraction of sp³-hybridized carbons (Fsp3) is 0.115. The molecule has 5 rings (SSSR count). The van der Waals surface area contributed by atoms with E-state index in [-0.39, 0.29) is 11.3 Å². The largest absolute Gasteiger partial charge is 0.508 e. The number of fused-ring (bicyclic) bond motifs is 2. The normalized spacial score (nSPS) is 11.2. The molecule has 0 fully saturated rings. The number of phenols is 1. The van der Waals surface area contributed by atoms with Gasteiger partial charge in [-0.2, -0.15) is 0 Å². The van der Waals surface area contributed by atoms with Crippen molar-refractivity contribution in [3.05, 3.63) is 105 Å². The minimum absolute atomic E-state index is 0.0185. The molecule has 8 heteroatoms. The summed E-state index contributed by atoms with van der Waals surface area (Å²) in [4.78, 5) is 30.2. The summed E-state index contributed by atoms with van der Waals surface area (Å²) in [6.07, 6.45) is 0. The standard InChI is InChI=1S/C26H20N2O5S/c1-32-19-9-6-16(7-10-19)14-28-25(31)21-4-2-3-5-22(21)27-26(28)34-15-17-12-24(30)33-23-13-18(29)8-11-20(17)23/h2-13,29H,14-15H2,1H3. The van der Waals surface area contributed by atoms with Gasteiger partial charge in [0.1, 0.15) is 17.1 Å². The lowest BCUT2D eigenvalue weighted by molar-refractivity contribution is 0.414. The van der Waals surface area contributed by atoms with Gasteiger partial charge in [0.25, 0.3) is 5.56 Å². The molecule has 170 valence electrons. The Morgan fingerprint density at radius 2 is 1.79 bits per heavy atom. The fourth-order valence-electron chi connectivity index (χ4n) is 3.79. The number of methoxy groups -OCH3 is 1. The van der Waals surface area contributed by atoms with Gasteiger partial charge in [-0.1, -0.05) is 36.0 Å². The lowest BCUT2D eigenvalue weighted by atomic mass is 10.1. The minimum atomic E-state index is -0.504. The van der Waals surface area contributed by atoms with E-state index >= 15 is 0 Å². The molecule has 0 bridgehead atoms. The second-order valence-corrected chi connectivity index (χ2v) is 8.65. The van der Waals surface area contributed by atoms with Crippen molar-refractivity contribution >= 4 is 33.6 Å². The van der Waals surface area contributed by atoms with Crippen LogP contribution in [0, 0.1) is 0 Å². The molecule has 2 aromatic heterocycles. The van der Waals surface area contributed by atoms with Gasteiger partial charge < -0.3 is 14.3 Å². The average molecular weight is 473 g/mol. The van der Waals surface area contributed by atoms with Crippen LogP contribution < -0.4 is 15.9 Å². The topological polar surface area (TPSA) is 94.6 Å². The van der Waals surface area contributed by atoms with Crippen molar-refractivity contribution < 1.29 is 14.3 Å². The number of nitrogens with zero attached hydrogens (tertiary/aromatic N) is 2. The molecule has 0 aliphatic rings. The van der Waals surface area contributed by atoms with Gasteiger partial charge in [-0.3, -0.25) is 9.36 Å². The summed E-state index contributed by atoms with van der Waals surface area (Å²) in [5.74, 6) is 1.15. The van der Waals surface area contributed by atoms with E-state index in [0.29, 0.717) is 33.9 Å². The van der Waals surface area contributed by atoms with Crippen LogP contribution in [-0.4, -0.2) is 21.8 Å². The van der Waals surface area contributed by atoms with Crippen LogP contribution in [0.4, 0.5) is 0 Å². The zero-order chi connectivity index (χ0) is 23.7. The first-order chi connectivity index (χ1) is 16.5. The predicted octanol–water partition coefficient (Wildman–Crippen LogP) is 4.56. The molecule has 2 heterocycles. The van der Waals surface area contributed by atoms with Crippen molar-refractivity contribution in [2.75, 3.05) is 7.11 Å². The smallest absolute Gasteiger partial charge is 0.336 e. The monoisotopic (exact) mass is 472 g/mol. The number of benzene rings is 3. The lowest BCUT2D eigenvalue weighted by Gasteiger charge is -2.14. The highest BCUT2D eigenvalue weighted by Gasteiger charge is 2.14. The number of phenolic OH excluding ortho intramolecular Hbond substituents is 1. The van der Waals surface area contributed by atoms with Crippen LogP contribution in [0.2, 0.25) is 0 Å². The van der Waals surface area contributed by atoms with Crippen LogP contribution >= 0.6 is 11.8 Å². The van der Waals surface area contributed by atoms with Gasteiger partial charge in [0.05, 0.1) is 24.6 Å². The van der Waals surface area contributed by atoms with Gasteiger partial charge in [-0.15, -0.1) is 0 Å². The summed E-state index contributed by atoms with van der Waals surface area (Å²) in [7, 11) is 1.61. The molecule has 7 nitrogen and oxygen atoms in total. The first-order valence-electron chi connectivity index (χ1n) is 10.5. The molecular formula is C26H20N2O5S. The van der Waals surface area contributed by atoms with Gasteiger partial charge in [-0.25, -0.2) is 9.78 Å². The Morgan fingerprint density at radius 1 is 1.00 bits per heavy atom. The highest BCUT2D eigenvalue weighted by molar-refractivity contribution is 7.98. The third kappa shape index (κ3) is 4.27. The molecular weight excluding hydrogens is 452 g/mol. The summed E-state index contributed by atoms with van der Waals surface area (Å²) in [6, 6.07) is 20.9. The molecule has 0 aliphatic carbocycles. The SMILES string of the molecule is COc1ccc(Cn2c(SCc3cc(=O)oc4cc(O)ccc34)nc3ccccc3c2=O)cc1. The van der Waals surface area contributed by atoms with Crippen LogP contribution in [0.3, 0.4) is 0 Å². The second kappa shape index (κ2) is 9.07. The molecule has 0 amide bonds. The van der Waals surface area contributed by atoms with E-state index in [1.807, 2.05) is 42.5 Å². The van der Waals surface area contributed by atoms with Crippen LogP contribution in [0.5, 0.6) is 11.5 Å². The first-order valence-corrected chi connectivity index (χ1v) is 11.5. The molecule has 0 atom stereocenters. The number of ether oxygens (including phenoxy) is 1. The zero-order valence-corrected chi connectivity index (χ0v) is 19.0. The van der Waals surface area contributed by atoms with Gasteiger partial charge >= 0.3 is 5.63 Å². The van der Waals surface area contributed by atoms with Crippen molar-refractivity contribution in [3.8, 4) is 11.5 Å². The molecule has 0 saturated heterocycles. The van der Waals surface area contributed by atoms with E-state index in [2.05, 4.69) is 0 Å². The van der Waals surface area contributed by atoms with Crippen LogP contribution in [0.1, 0.15) is 11.1 Å². The first kappa shape index (κ1) is 21.8. The van der Waals surface area contributed by atoms with Crippen molar-refractivity contribution in [1.29, 1.82) is 0 Å². The number of hydrogen-bond donors (Lipinski definition) is 1. The quantitative estimate of drug-likeness (QED) is 0.220. The highest BCUT2D eigenvalue weighted by Crippen LogP contribution is 2.28. The van der Waals surface area contributed by atoms with Crippen LogP contribution in [-0.2, 0) is 12.3 Å². The van der Waals surface area contributed by atoms with Gasteiger partial charge in [0.2, 0.25) is 0 Å². The van der Waals surface area contributed by atoms with E-state index in [9.17, 15) is 14.7 Å². The number of hydrogen-bond acceptors (Lipinski definition) is 7. The molecule has 0 aliphatic heterocycles. The summed E-state index contributed by atoms with van der Waals surface area (Å²) < 4.78 is 12.1. The number of thioether (sulfide) groups is 1. The van der Waals surface area contributed by atoms with E-state index in [0.717, 1.165) is 22.3 Å². The molecule has 0 spiro atoms. The Hall–Kier alpha value is -4.04. The zero-order valence-electron chi connectivity index (χ0n) is 18.2. The molecule has 1 N–H and O–H groups in total. The van der Waals surface area contributed by atoms with Crippen molar-refractivity contribution in [1.82, 2.24) is 9.55 Å².